The van der Waals surface area contributed by atoms with Crippen molar-refractivity contribution in [1.82, 2.24) is 10.5 Å². The zero-order valence-corrected chi connectivity index (χ0v) is 13.4. The van der Waals surface area contributed by atoms with E-state index >= 15 is 0 Å². The fourth-order valence-corrected chi connectivity index (χ4v) is 2.65. The molecule has 0 radical (unpaired) electrons. The number of nitrogens with one attached hydrogen (secondary N) is 1. The molecule has 122 valence electrons. The number of aromatic nitrogens is 1. The Morgan fingerprint density at radius 3 is 2.83 bits per heavy atom. The highest BCUT2D eigenvalue weighted by molar-refractivity contribution is 5.91. The average molecular weight is 314 g/mol. The van der Waals surface area contributed by atoms with Crippen molar-refractivity contribution in [3.8, 4) is 11.3 Å². The van der Waals surface area contributed by atoms with E-state index in [2.05, 4.69) is 10.5 Å². The Hall–Kier alpha value is -2.14. The maximum absolute atomic E-state index is 12.5. The SMILES string of the molecule is CCOCCCNC(=O)C1(c2cc(-c3ccccc3)on2)CC1. The van der Waals surface area contributed by atoms with E-state index < -0.39 is 5.41 Å². The monoisotopic (exact) mass is 314 g/mol. The van der Waals surface area contributed by atoms with E-state index in [1.807, 2.05) is 43.3 Å². The number of carbonyl (C=O) groups is 1. The first kappa shape index (κ1) is 15.7. The van der Waals surface area contributed by atoms with Gasteiger partial charge in [-0.15, -0.1) is 0 Å². The van der Waals surface area contributed by atoms with Gasteiger partial charge in [-0.1, -0.05) is 35.5 Å². The van der Waals surface area contributed by atoms with Crippen molar-refractivity contribution in [3.05, 3.63) is 42.1 Å². The second-order valence-electron chi connectivity index (χ2n) is 5.83. The lowest BCUT2D eigenvalue weighted by molar-refractivity contribution is -0.123. The maximum Gasteiger partial charge on any atom is 0.232 e. The Morgan fingerprint density at radius 1 is 1.35 bits per heavy atom. The molecule has 1 aromatic carbocycles. The topological polar surface area (TPSA) is 64.4 Å². The number of nitrogens with zero attached hydrogens (tertiary/aromatic N) is 1. The average Bonchev–Trinajstić information content (AvgIpc) is 3.25. The molecule has 1 heterocycles. The van der Waals surface area contributed by atoms with Crippen LogP contribution >= 0.6 is 0 Å². The Kier molecular flexibility index (Phi) is 4.76. The summed E-state index contributed by atoms with van der Waals surface area (Å²) in [7, 11) is 0. The Labute approximate surface area is 136 Å². The van der Waals surface area contributed by atoms with Crippen molar-refractivity contribution in [2.24, 2.45) is 0 Å². The summed E-state index contributed by atoms with van der Waals surface area (Å²) in [6, 6.07) is 11.7. The molecule has 5 nitrogen and oxygen atoms in total. The first-order valence-corrected chi connectivity index (χ1v) is 8.15. The third-order valence-corrected chi connectivity index (χ3v) is 4.20. The molecule has 1 aliphatic rings. The largest absolute Gasteiger partial charge is 0.382 e. The van der Waals surface area contributed by atoms with Gasteiger partial charge >= 0.3 is 0 Å². The lowest BCUT2D eigenvalue weighted by Crippen LogP contribution is -2.35. The first-order valence-electron chi connectivity index (χ1n) is 8.15. The van der Waals surface area contributed by atoms with Crippen molar-refractivity contribution in [2.75, 3.05) is 19.8 Å². The van der Waals surface area contributed by atoms with Gasteiger partial charge in [-0.25, -0.2) is 0 Å². The normalized spacial score (nSPS) is 15.3. The Morgan fingerprint density at radius 2 is 2.13 bits per heavy atom. The van der Waals surface area contributed by atoms with E-state index in [0.29, 0.717) is 25.5 Å². The standard InChI is InChI=1S/C18H22N2O3/c1-2-22-12-6-11-19-17(21)18(9-10-18)16-13-15(23-20-16)14-7-4-3-5-8-14/h3-5,7-8,13H,2,6,9-12H2,1H3,(H,19,21). The molecule has 0 spiro atoms. The zero-order chi connectivity index (χ0) is 16.1. The predicted molar refractivity (Wildman–Crippen MR) is 87.0 cm³/mol. The molecular weight excluding hydrogens is 292 g/mol. The molecule has 0 bridgehead atoms. The fourth-order valence-electron chi connectivity index (χ4n) is 2.65. The molecule has 1 amide bonds. The third kappa shape index (κ3) is 3.45. The molecule has 1 N–H and O–H groups in total. The highest BCUT2D eigenvalue weighted by atomic mass is 16.5. The minimum absolute atomic E-state index is 0.0434. The van der Waals surface area contributed by atoms with E-state index in [1.54, 1.807) is 0 Å². The summed E-state index contributed by atoms with van der Waals surface area (Å²) in [6.07, 6.45) is 2.47. The molecule has 5 heteroatoms. The van der Waals surface area contributed by atoms with Crippen LogP contribution in [-0.4, -0.2) is 30.8 Å². The van der Waals surface area contributed by atoms with E-state index in [1.165, 1.54) is 0 Å². The molecule has 3 rings (SSSR count). The molecule has 1 aliphatic carbocycles. The van der Waals surface area contributed by atoms with E-state index in [4.69, 9.17) is 9.26 Å². The lowest BCUT2D eigenvalue weighted by Gasteiger charge is -2.12. The summed E-state index contributed by atoms with van der Waals surface area (Å²) in [5, 5.41) is 7.14. The maximum atomic E-state index is 12.5. The van der Waals surface area contributed by atoms with Crippen LogP contribution in [0.4, 0.5) is 0 Å². The number of rotatable bonds is 8. The van der Waals surface area contributed by atoms with Crippen LogP contribution in [-0.2, 0) is 14.9 Å². The Bertz CT molecular complexity index is 647. The molecule has 23 heavy (non-hydrogen) atoms. The number of carbonyl (C=O) groups excluding carboxylic acids is 1. The van der Waals surface area contributed by atoms with Crippen molar-refractivity contribution in [2.45, 2.75) is 31.6 Å². The summed E-state index contributed by atoms with van der Waals surface area (Å²) in [6.45, 7) is 3.97. The number of amides is 1. The smallest absolute Gasteiger partial charge is 0.232 e. The summed E-state index contributed by atoms with van der Waals surface area (Å²) >= 11 is 0. The van der Waals surface area contributed by atoms with Crippen LogP contribution in [0, 0.1) is 0 Å². The molecule has 1 aromatic heterocycles. The van der Waals surface area contributed by atoms with Crippen molar-refractivity contribution < 1.29 is 14.1 Å². The van der Waals surface area contributed by atoms with E-state index in [9.17, 15) is 4.79 Å². The van der Waals surface area contributed by atoms with Gasteiger partial charge in [-0.3, -0.25) is 4.79 Å². The number of hydrogen-bond acceptors (Lipinski definition) is 4. The van der Waals surface area contributed by atoms with Crippen LogP contribution in [0.25, 0.3) is 11.3 Å². The van der Waals surface area contributed by atoms with Crippen molar-refractivity contribution in [1.29, 1.82) is 0 Å². The summed E-state index contributed by atoms with van der Waals surface area (Å²) < 4.78 is 10.7. The summed E-state index contributed by atoms with van der Waals surface area (Å²) in [5.74, 6) is 0.748. The first-order chi connectivity index (χ1) is 11.3. The number of benzene rings is 1. The summed E-state index contributed by atoms with van der Waals surface area (Å²) in [4.78, 5) is 12.5. The molecule has 1 fully saturated rings. The van der Waals surface area contributed by atoms with Crippen molar-refractivity contribution >= 4 is 5.91 Å². The molecule has 0 aliphatic heterocycles. The molecular formula is C18H22N2O3. The van der Waals surface area contributed by atoms with Crippen LogP contribution in [0.3, 0.4) is 0 Å². The second-order valence-corrected chi connectivity index (χ2v) is 5.83. The quantitative estimate of drug-likeness (QED) is 0.761. The minimum Gasteiger partial charge on any atom is -0.382 e. The van der Waals surface area contributed by atoms with Gasteiger partial charge < -0.3 is 14.6 Å². The minimum atomic E-state index is -0.498. The highest BCUT2D eigenvalue weighted by Gasteiger charge is 2.53. The second kappa shape index (κ2) is 6.96. The van der Waals surface area contributed by atoms with E-state index in [0.717, 1.165) is 30.5 Å². The van der Waals surface area contributed by atoms with Crippen LogP contribution in [0.15, 0.2) is 40.9 Å². The Balaban J connectivity index is 1.62. The lowest BCUT2D eigenvalue weighted by atomic mass is 10.0. The van der Waals surface area contributed by atoms with Crippen LogP contribution < -0.4 is 5.32 Å². The number of ether oxygens (including phenoxy) is 1. The third-order valence-electron chi connectivity index (χ3n) is 4.20. The van der Waals surface area contributed by atoms with E-state index in [-0.39, 0.29) is 5.91 Å². The zero-order valence-electron chi connectivity index (χ0n) is 13.4. The molecule has 0 saturated heterocycles. The van der Waals surface area contributed by atoms with Crippen LogP contribution in [0.1, 0.15) is 31.9 Å². The van der Waals surface area contributed by atoms with Crippen molar-refractivity contribution in [3.63, 3.8) is 0 Å². The van der Waals surface area contributed by atoms with Gasteiger partial charge in [0.05, 0.1) is 11.1 Å². The number of hydrogen-bond donors (Lipinski definition) is 1. The summed E-state index contributed by atoms with van der Waals surface area (Å²) in [5.41, 5.74) is 1.21. The van der Waals surface area contributed by atoms with Crippen LogP contribution in [0.2, 0.25) is 0 Å². The van der Waals surface area contributed by atoms with Gasteiger partial charge in [-0.2, -0.15) is 0 Å². The fraction of sp³-hybridized carbons (Fsp3) is 0.444. The molecule has 2 aromatic rings. The van der Waals surface area contributed by atoms with Gasteiger partial charge in [0.1, 0.15) is 0 Å². The molecule has 0 unspecified atom stereocenters. The van der Waals surface area contributed by atoms with Gasteiger partial charge in [0.2, 0.25) is 5.91 Å². The highest BCUT2D eigenvalue weighted by Crippen LogP contribution is 2.48. The molecule has 0 atom stereocenters. The van der Waals surface area contributed by atoms with Gasteiger partial charge in [0, 0.05) is 31.4 Å². The van der Waals surface area contributed by atoms with Gasteiger partial charge in [0.15, 0.2) is 5.76 Å². The predicted octanol–water partition coefficient (Wildman–Crippen LogP) is 2.92. The molecule has 1 saturated carbocycles. The van der Waals surface area contributed by atoms with Gasteiger partial charge in [0.25, 0.3) is 0 Å². The van der Waals surface area contributed by atoms with Crippen LogP contribution in [0.5, 0.6) is 0 Å². The van der Waals surface area contributed by atoms with Gasteiger partial charge in [-0.05, 0) is 26.2 Å².